The molecule has 3 N–H and O–H groups in total. The molecule has 6 heteroatoms. The Morgan fingerprint density at radius 1 is 1.23 bits per heavy atom. The molecular formula is C16H24N2O4. The predicted molar refractivity (Wildman–Crippen MR) is 83.0 cm³/mol. The van der Waals surface area contributed by atoms with E-state index in [0.29, 0.717) is 6.61 Å². The molecule has 1 aromatic carbocycles. The Morgan fingerprint density at radius 2 is 1.95 bits per heavy atom. The van der Waals surface area contributed by atoms with Crippen LogP contribution in [-0.4, -0.2) is 37.7 Å². The third kappa shape index (κ3) is 7.19. The number of nitrogens with one attached hydrogen (secondary N) is 1. The van der Waals surface area contributed by atoms with Crippen LogP contribution in [0.4, 0.5) is 0 Å². The Kier molecular flexibility index (Phi) is 8.86. The molecule has 0 radical (unpaired) electrons. The van der Waals surface area contributed by atoms with Crippen molar-refractivity contribution >= 4 is 11.9 Å². The highest BCUT2D eigenvalue weighted by atomic mass is 16.5. The van der Waals surface area contributed by atoms with Gasteiger partial charge in [-0.15, -0.1) is 0 Å². The van der Waals surface area contributed by atoms with Crippen LogP contribution < -0.4 is 11.1 Å². The second kappa shape index (κ2) is 10.8. The molecule has 1 atom stereocenters. The van der Waals surface area contributed by atoms with Gasteiger partial charge in [-0.3, -0.25) is 14.9 Å². The fraction of sp³-hybridized carbons (Fsp3) is 0.500. The molecule has 122 valence electrons. The van der Waals surface area contributed by atoms with Crippen LogP contribution in [0.1, 0.15) is 25.3 Å². The van der Waals surface area contributed by atoms with E-state index in [2.05, 4.69) is 5.32 Å². The van der Waals surface area contributed by atoms with E-state index in [0.717, 1.165) is 18.4 Å². The van der Waals surface area contributed by atoms with Crippen LogP contribution in [0.3, 0.4) is 0 Å². The monoisotopic (exact) mass is 308 g/mol. The minimum absolute atomic E-state index is 0.0664. The molecule has 0 bridgehead atoms. The van der Waals surface area contributed by atoms with E-state index in [1.807, 2.05) is 37.3 Å². The summed E-state index contributed by atoms with van der Waals surface area (Å²) >= 11 is 0. The molecule has 0 aromatic heterocycles. The lowest BCUT2D eigenvalue weighted by Crippen LogP contribution is -2.46. The number of hydrogen-bond donors (Lipinski definition) is 2. The summed E-state index contributed by atoms with van der Waals surface area (Å²) in [6, 6.07) is 8.68. The van der Waals surface area contributed by atoms with Gasteiger partial charge >= 0.3 is 11.9 Å². The van der Waals surface area contributed by atoms with Gasteiger partial charge in [0.1, 0.15) is 12.6 Å². The molecule has 0 saturated heterocycles. The van der Waals surface area contributed by atoms with Gasteiger partial charge in [0.15, 0.2) is 0 Å². The first kappa shape index (κ1) is 18.1. The van der Waals surface area contributed by atoms with Gasteiger partial charge in [0.05, 0.1) is 13.2 Å². The molecule has 1 rings (SSSR count). The lowest BCUT2D eigenvalue weighted by atomic mass is 10.2. The van der Waals surface area contributed by atoms with Crippen LogP contribution in [-0.2, 0) is 25.7 Å². The average Bonchev–Trinajstić information content (AvgIpc) is 2.54. The lowest BCUT2D eigenvalue weighted by Gasteiger charge is -2.15. The standard InChI is InChI=1S/C16H24N2O4/c1-2-3-9-21-16(20)14(10-17)18-11-15(19)22-12-13-7-5-4-6-8-13/h4-8,14,18H,2-3,9-12,17H2,1H3/t14-/m1/s1. The molecule has 0 heterocycles. The van der Waals surface area contributed by atoms with Crippen molar-refractivity contribution in [3.8, 4) is 0 Å². The van der Waals surface area contributed by atoms with Crippen LogP contribution in [0.5, 0.6) is 0 Å². The molecule has 0 aliphatic carbocycles. The molecule has 0 aliphatic heterocycles. The van der Waals surface area contributed by atoms with Gasteiger partial charge in [-0.2, -0.15) is 0 Å². The van der Waals surface area contributed by atoms with Crippen LogP contribution in [0.2, 0.25) is 0 Å². The highest BCUT2D eigenvalue weighted by molar-refractivity contribution is 5.78. The Balaban J connectivity index is 2.26. The molecular weight excluding hydrogens is 284 g/mol. The first-order valence-corrected chi connectivity index (χ1v) is 7.47. The molecule has 0 saturated carbocycles. The second-order valence-electron chi connectivity index (χ2n) is 4.84. The largest absolute Gasteiger partial charge is 0.464 e. The van der Waals surface area contributed by atoms with Crippen molar-refractivity contribution in [1.82, 2.24) is 5.32 Å². The Morgan fingerprint density at radius 3 is 2.59 bits per heavy atom. The number of nitrogens with two attached hydrogens (primary N) is 1. The maximum atomic E-state index is 11.7. The van der Waals surface area contributed by atoms with Crippen LogP contribution >= 0.6 is 0 Å². The zero-order valence-electron chi connectivity index (χ0n) is 12.9. The Labute approximate surface area is 131 Å². The second-order valence-corrected chi connectivity index (χ2v) is 4.84. The molecule has 1 aromatic rings. The minimum Gasteiger partial charge on any atom is -0.464 e. The Hall–Kier alpha value is -1.92. The number of hydrogen-bond acceptors (Lipinski definition) is 6. The SMILES string of the molecule is CCCCOC(=O)[C@@H](CN)NCC(=O)OCc1ccccc1. The van der Waals surface area contributed by atoms with Crippen LogP contribution in [0.25, 0.3) is 0 Å². The maximum Gasteiger partial charge on any atom is 0.324 e. The van der Waals surface area contributed by atoms with Crippen molar-refractivity contribution in [3.05, 3.63) is 35.9 Å². The Bertz CT molecular complexity index is 451. The third-order valence-electron chi connectivity index (χ3n) is 3.00. The van der Waals surface area contributed by atoms with E-state index in [-0.39, 0.29) is 19.7 Å². The quantitative estimate of drug-likeness (QED) is 0.495. The molecule has 6 nitrogen and oxygen atoms in total. The predicted octanol–water partition coefficient (Wildman–Crippen LogP) is 0.990. The van der Waals surface area contributed by atoms with Crippen molar-refractivity contribution in [1.29, 1.82) is 0 Å². The molecule has 0 unspecified atom stereocenters. The van der Waals surface area contributed by atoms with E-state index in [1.165, 1.54) is 0 Å². The fourth-order valence-corrected chi connectivity index (χ4v) is 1.68. The van der Waals surface area contributed by atoms with Crippen molar-refractivity contribution < 1.29 is 19.1 Å². The van der Waals surface area contributed by atoms with Gasteiger partial charge in [-0.1, -0.05) is 43.7 Å². The number of ether oxygens (including phenoxy) is 2. The van der Waals surface area contributed by atoms with Gasteiger partial charge in [-0.25, -0.2) is 0 Å². The van der Waals surface area contributed by atoms with E-state index in [9.17, 15) is 9.59 Å². The molecule has 22 heavy (non-hydrogen) atoms. The van der Waals surface area contributed by atoms with Crippen molar-refractivity contribution in [2.45, 2.75) is 32.4 Å². The first-order valence-electron chi connectivity index (χ1n) is 7.47. The van der Waals surface area contributed by atoms with E-state index < -0.39 is 18.0 Å². The highest BCUT2D eigenvalue weighted by Gasteiger charge is 2.19. The van der Waals surface area contributed by atoms with Crippen molar-refractivity contribution in [3.63, 3.8) is 0 Å². The smallest absolute Gasteiger partial charge is 0.324 e. The van der Waals surface area contributed by atoms with Crippen molar-refractivity contribution in [2.75, 3.05) is 19.7 Å². The zero-order valence-corrected chi connectivity index (χ0v) is 12.9. The van der Waals surface area contributed by atoms with Crippen LogP contribution in [0, 0.1) is 0 Å². The number of unbranched alkanes of at least 4 members (excludes halogenated alkanes) is 1. The van der Waals surface area contributed by atoms with Gasteiger partial charge in [0.2, 0.25) is 0 Å². The zero-order chi connectivity index (χ0) is 16.2. The van der Waals surface area contributed by atoms with E-state index in [4.69, 9.17) is 15.2 Å². The van der Waals surface area contributed by atoms with Gasteiger partial charge in [0.25, 0.3) is 0 Å². The fourth-order valence-electron chi connectivity index (χ4n) is 1.68. The third-order valence-corrected chi connectivity index (χ3v) is 3.00. The summed E-state index contributed by atoms with van der Waals surface area (Å²) in [4.78, 5) is 23.4. The summed E-state index contributed by atoms with van der Waals surface area (Å²) in [5.41, 5.74) is 6.42. The van der Waals surface area contributed by atoms with Gasteiger partial charge in [0, 0.05) is 6.54 Å². The number of carbonyl (C=O) groups is 2. The number of esters is 2. The topological polar surface area (TPSA) is 90.6 Å². The summed E-state index contributed by atoms with van der Waals surface area (Å²) < 4.78 is 10.2. The van der Waals surface area contributed by atoms with E-state index in [1.54, 1.807) is 0 Å². The molecule has 0 fully saturated rings. The van der Waals surface area contributed by atoms with Crippen LogP contribution in [0.15, 0.2) is 30.3 Å². The van der Waals surface area contributed by atoms with Crippen molar-refractivity contribution in [2.24, 2.45) is 5.73 Å². The summed E-state index contributed by atoms with van der Waals surface area (Å²) in [6.45, 7) is 2.56. The molecule has 0 spiro atoms. The van der Waals surface area contributed by atoms with Gasteiger partial charge in [-0.05, 0) is 12.0 Å². The summed E-state index contributed by atoms with van der Waals surface area (Å²) in [5.74, 6) is -0.879. The number of carbonyl (C=O) groups excluding carboxylic acids is 2. The molecule has 0 amide bonds. The average molecular weight is 308 g/mol. The maximum absolute atomic E-state index is 11.7. The number of rotatable bonds is 10. The van der Waals surface area contributed by atoms with Gasteiger partial charge < -0.3 is 15.2 Å². The summed E-state index contributed by atoms with van der Waals surface area (Å²) in [7, 11) is 0. The van der Waals surface area contributed by atoms with E-state index >= 15 is 0 Å². The summed E-state index contributed by atoms with van der Waals surface area (Å²) in [6.07, 6.45) is 1.75. The lowest BCUT2D eigenvalue weighted by molar-refractivity contribution is -0.147. The first-order chi connectivity index (χ1) is 10.7. The molecule has 0 aliphatic rings. The summed E-state index contributed by atoms with van der Waals surface area (Å²) in [5, 5.41) is 2.76. The number of benzene rings is 1. The normalized spacial score (nSPS) is 11.7. The minimum atomic E-state index is -0.693. The highest BCUT2D eigenvalue weighted by Crippen LogP contribution is 2.00.